The number of rotatable bonds is 7. The molecule has 0 aromatic heterocycles. The number of methoxy groups -OCH3 is 1. The summed E-state index contributed by atoms with van der Waals surface area (Å²) in [5.74, 6) is -0.364. The number of carbonyl (C=O) groups excluding carboxylic acids is 1. The smallest absolute Gasteiger partial charge is 0.221 e. The van der Waals surface area contributed by atoms with Gasteiger partial charge in [-0.3, -0.25) is 4.79 Å². The Labute approximate surface area is 79.8 Å². The molecule has 0 aliphatic rings. The lowest BCUT2D eigenvalue weighted by Crippen LogP contribution is -2.36. The molecule has 3 N–H and O–H groups in total. The predicted molar refractivity (Wildman–Crippen MR) is 52.3 cm³/mol. The molecule has 0 spiro atoms. The Hall–Kier alpha value is -0.610. The largest absolute Gasteiger partial charge is 0.385 e. The highest BCUT2D eigenvalue weighted by molar-refractivity contribution is 5.76. The Kier molecular flexibility index (Phi) is 6.54. The van der Waals surface area contributed by atoms with Crippen LogP contribution in [0, 0.1) is 5.92 Å². The molecule has 0 rings (SSSR count). The second-order valence-electron chi connectivity index (χ2n) is 3.39. The third kappa shape index (κ3) is 6.54. The van der Waals surface area contributed by atoms with E-state index in [1.807, 2.05) is 6.92 Å². The average Bonchev–Trinajstić information content (AvgIpc) is 2.10. The zero-order chi connectivity index (χ0) is 10.3. The van der Waals surface area contributed by atoms with Gasteiger partial charge in [0.2, 0.25) is 5.91 Å². The van der Waals surface area contributed by atoms with Gasteiger partial charge in [-0.15, -0.1) is 0 Å². The Morgan fingerprint density at radius 3 is 2.62 bits per heavy atom. The zero-order valence-corrected chi connectivity index (χ0v) is 8.67. The monoisotopic (exact) mass is 188 g/mol. The van der Waals surface area contributed by atoms with Crippen molar-refractivity contribution in [1.29, 1.82) is 0 Å². The predicted octanol–water partition coefficient (Wildman–Crippen LogP) is 0.122. The van der Waals surface area contributed by atoms with E-state index in [2.05, 4.69) is 12.2 Å². The van der Waals surface area contributed by atoms with Crippen LogP contribution in [-0.2, 0) is 9.53 Å². The Morgan fingerprint density at radius 1 is 1.54 bits per heavy atom. The maximum atomic E-state index is 10.7. The first-order valence-corrected chi connectivity index (χ1v) is 4.59. The van der Waals surface area contributed by atoms with Gasteiger partial charge in [-0.05, 0) is 13.3 Å². The van der Waals surface area contributed by atoms with Crippen molar-refractivity contribution in [2.45, 2.75) is 26.3 Å². The van der Waals surface area contributed by atoms with E-state index in [1.165, 1.54) is 0 Å². The van der Waals surface area contributed by atoms with Crippen LogP contribution in [0.5, 0.6) is 0 Å². The fraction of sp³-hybridized carbons (Fsp3) is 0.889. The molecule has 0 fully saturated rings. The van der Waals surface area contributed by atoms with Gasteiger partial charge in [0.05, 0.1) is 0 Å². The highest BCUT2D eigenvalue weighted by atomic mass is 16.5. The summed E-state index contributed by atoms with van der Waals surface area (Å²) in [5, 5.41) is 3.22. The quantitative estimate of drug-likeness (QED) is 0.596. The van der Waals surface area contributed by atoms with Gasteiger partial charge in [0.15, 0.2) is 0 Å². The van der Waals surface area contributed by atoms with E-state index >= 15 is 0 Å². The number of amides is 1. The normalized spacial score (nSPS) is 15.3. The van der Waals surface area contributed by atoms with Crippen molar-refractivity contribution in [3.05, 3.63) is 0 Å². The molecule has 0 radical (unpaired) electrons. The SMILES string of the molecule is COCCC(C)NCC(C)C(N)=O. The Morgan fingerprint density at radius 2 is 2.15 bits per heavy atom. The topological polar surface area (TPSA) is 64.3 Å². The summed E-state index contributed by atoms with van der Waals surface area (Å²) in [7, 11) is 1.68. The van der Waals surface area contributed by atoms with Crippen molar-refractivity contribution >= 4 is 5.91 Å². The maximum absolute atomic E-state index is 10.7. The molecule has 4 nitrogen and oxygen atoms in total. The van der Waals surface area contributed by atoms with Crippen molar-refractivity contribution < 1.29 is 9.53 Å². The summed E-state index contributed by atoms with van der Waals surface area (Å²) in [6, 6.07) is 0.363. The highest BCUT2D eigenvalue weighted by Crippen LogP contribution is 1.94. The van der Waals surface area contributed by atoms with E-state index in [9.17, 15) is 4.79 Å². The third-order valence-corrected chi connectivity index (χ3v) is 2.01. The Balaban J connectivity index is 3.45. The molecule has 0 bridgehead atoms. The number of carbonyl (C=O) groups is 1. The van der Waals surface area contributed by atoms with Crippen molar-refractivity contribution in [2.24, 2.45) is 11.7 Å². The molecule has 0 saturated carbocycles. The molecule has 0 saturated heterocycles. The van der Waals surface area contributed by atoms with Crippen LogP contribution in [0.2, 0.25) is 0 Å². The maximum Gasteiger partial charge on any atom is 0.221 e. The van der Waals surface area contributed by atoms with Crippen molar-refractivity contribution in [3.63, 3.8) is 0 Å². The molecule has 1 amide bonds. The molecule has 4 heteroatoms. The number of hydrogen-bond donors (Lipinski definition) is 2. The number of primary amides is 1. The number of nitrogens with one attached hydrogen (secondary N) is 1. The summed E-state index contributed by atoms with van der Waals surface area (Å²) in [6.07, 6.45) is 0.946. The van der Waals surface area contributed by atoms with Gasteiger partial charge in [-0.25, -0.2) is 0 Å². The molecular formula is C9H20N2O2. The highest BCUT2D eigenvalue weighted by Gasteiger charge is 2.09. The zero-order valence-electron chi connectivity index (χ0n) is 8.67. The molecule has 2 unspecified atom stereocenters. The minimum Gasteiger partial charge on any atom is -0.385 e. The summed E-state index contributed by atoms with van der Waals surface area (Å²) >= 11 is 0. The fourth-order valence-corrected chi connectivity index (χ4v) is 0.875. The van der Waals surface area contributed by atoms with E-state index in [0.29, 0.717) is 12.6 Å². The van der Waals surface area contributed by atoms with Crippen LogP contribution < -0.4 is 11.1 Å². The number of nitrogens with two attached hydrogens (primary N) is 1. The van der Waals surface area contributed by atoms with E-state index in [1.54, 1.807) is 7.11 Å². The van der Waals surface area contributed by atoms with Crippen molar-refractivity contribution in [2.75, 3.05) is 20.3 Å². The molecule has 0 aromatic rings. The Bertz CT molecular complexity index is 151. The first kappa shape index (κ1) is 12.4. The van der Waals surface area contributed by atoms with Gasteiger partial charge in [0.25, 0.3) is 0 Å². The lowest BCUT2D eigenvalue weighted by Gasteiger charge is -2.15. The summed E-state index contributed by atoms with van der Waals surface area (Å²) in [5.41, 5.74) is 5.12. The summed E-state index contributed by atoms with van der Waals surface area (Å²) in [4.78, 5) is 10.7. The van der Waals surface area contributed by atoms with Gasteiger partial charge in [-0.1, -0.05) is 6.92 Å². The van der Waals surface area contributed by atoms with E-state index < -0.39 is 0 Å². The van der Waals surface area contributed by atoms with E-state index in [0.717, 1.165) is 13.0 Å². The molecule has 78 valence electrons. The number of hydrogen-bond acceptors (Lipinski definition) is 3. The lowest BCUT2D eigenvalue weighted by molar-refractivity contribution is -0.121. The summed E-state index contributed by atoms with van der Waals surface area (Å²) < 4.78 is 4.94. The third-order valence-electron chi connectivity index (χ3n) is 2.01. The average molecular weight is 188 g/mol. The molecule has 0 aliphatic heterocycles. The number of ether oxygens (including phenoxy) is 1. The van der Waals surface area contributed by atoms with Crippen LogP contribution in [0.15, 0.2) is 0 Å². The first-order valence-electron chi connectivity index (χ1n) is 4.59. The van der Waals surface area contributed by atoms with E-state index in [-0.39, 0.29) is 11.8 Å². The second kappa shape index (κ2) is 6.86. The first-order chi connectivity index (χ1) is 6.07. The van der Waals surface area contributed by atoms with Crippen LogP contribution >= 0.6 is 0 Å². The molecular weight excluding hydrogens is 168 g/mol. The standard InChI is InChI=1S/C9H20N2O2/c1-7(9(10)12)6-11-8(2)4-5-13-3/h7-8,11H,4-6H2,1-3H3,(H2,10,12). The van der Waals surface area contributed by atoms with Crippen LogP contribution in [0.3, 0.4) is 0 Å². The van der Waals surface area contributed by atoms with Crippen molar-refractivity contribution in [3.8, 4) is 0 Å². The van der Waals surface area contributed by atoms with Crippen LogP contribution in [0.4, 0.5) is 0 Å². The molecule has 0 heterocycles. The minimum absolute atomic E-state index is 0.106. The van der Waals surface area contributed by atoms with Crippen molar-refractivity contribution in [1.82, 2.24) is 5.32 Å². The van der Waals surface area contributed by atoms with Crippen LogP contribution in [-0.4, -0.2) is 32.2 Å². The van der Waals surface area contributed by atoms with Gasteiger partial charge < -0.3 is 15.8 Å². The molecule has 0 aliphatic carbocycles. The lowest BCUT2D eigenvalue weighted by atomic mass is 10.1. The summed E-state index contributed by atoms with van der Waals surface area (Å²) in [6.45, 7) is 5.25. The minimum atomic E-state index is -0.258. The van der Waals surface area contributed by atoms with Gasteiger partial charge in [0.1, 0.15) is 0 Å². The van der Waals surface area contributed by atoms with Crippen LogP contribution in [0.25, 0.3) is 0 Å². The second-order valence-corrected chi connectivity index (χ2v) is 3.39. The van der Waals surface area contributed by atoms with Gasteiger partial charge >= 0.3 is 0 Å². The van der Waals surface area contributed by atoms with Gasteiger partial charge in [-0.2, -0.15) is 0 Å². The fourth-order valence-electron chi connectivity index (χ4n) is 0.875. The molecule has 13 heavy (non-hydrogen) atoms. The molecule has 2 atom stereocenters. The van der Waals surface area contributed by atoms with E-state index in [4.69, 9.17) is 10.5 Å². The van der Waals surface area contributed by atoms with Crippen LogP contribution in [0.1, 0.15) is 20.3 Å². The van der Waals surface area contributed by atoms with Gasteiger partial charge in [0, 0.05) is 32.2 Å². The molecule has 0 aromatic carbocycles.